The summed E-state index contributed by atoms with van der Waals surface area (Å²) in [5, 5.41) is 2.08. The van der Waals surface area contributed by atoms with Crippen molar-refractivity contribution < 1.29 is 24.0 Å². The Hall–Kier alpha value is -2.30. The second-order valence-corrected chi connectivity index (χ2v) is 12.1. The van der Waals surface area contributed by atoms with Crippen LogP contribution in [-0.4, -0.2) is 95.1 Å². The van der Waals surface area contributed by atoms with Gasteiger partial charge in [0.05, 0.1) is 0 Å². The van der Waals surface area contributed by atoms with Crippen LogP contribution in [0.4, 0.5) is 0 Å². The molecular weight excluding hydrogens is 506 g/mol. The Morgan fingerprint density at radius 3 is 1.66 bits per heavy atom. The second kappa shape index (κ2) is 16.6. The summed E-state index contributed by atoms with van der Waals surface area (Å²) in [5.41, 5.74) is 5.59. The summed E-state index contributed by atoms with van der Waals surface area (Å²) in [5.74, 6) is -2.04. The predicted molar refractivity (Wildman–Crippen MR) is 153 cm³/mol. The number of thioether (sulfide) groups is 1. The molecule has 0 unspecified atom stereocenters. The lowest BCUT2D eigenvalue weighted by molar-refractivity contribution is -0.146. The van der Waals surface area contributed by atoms with Crippen molar-refractivity contribution in [1.29, 1.82) is 0 Å². The molecule has 0 aliphatic rings. The van der Waals surface area contributed by atoms with Gasteiger partial charge in [-0.05, 0) is 43.3 Å². The highest BCUT2D eigenvalue weighted by Gasteiger charge is 2.38. The molecule has 0 bridgehead atoms. The molecule has 0 radical (unpaired) electrons. The highest BCUT2D eigenvalue weighted by atomic mass is 32.2. The van der Waals surface area contributed by atoms with E-state index in [1.165, 1.54) is 33.5 Å². The monoisotopic (exact) mass is 557 g/mol. The molecule has 0 aliphatic carbocycles. The Balaban J connectivity index is 6.03. The van der Waals surface area contributed by atoms with Gasteiger partial charge in [0.2, 0.25) is 23.6 Å². The van der Waals surface area contributed by atoms with Crippen LogP contribution in [0, 0.1) is 17.8 Å². The van der Waals surface area contributed by atoms with Gasteiger partial charge in [-0.15, -0.1) is 11.8 Å². The molecule has 0 saturated heterocycles. The van der Waals surface area contributed by atoms with E-state index in [2.05, 4.69) is 5.32 Å². The minimum absolute atomic E-state index is 0.0781. The molecule has 220 valence electrons. The Kier molecular flexibility index (Phi) is 15.6. The standard InChI is InChI=1S/C27H51N5O5S/c1-12-13-21(33)32(10)27(38-11)26(37)31(9)20(15-17(4)5)24(35)29-22(18(6)7)25(36)30(8)19(23(28)34)14-16(2)3/h16-20,22,27H,12-15H2,1-11H3,(H2,28,34)(H,29,35)/t19-,20-,22-,27+/m0/s1. The molecular formula is C27H51N5O5S. The fourth-order valence-electron chi connectivity index (χ4n) is 4.21. The van der Waals surface area contributed by atoms with Gasteiger partial charge in [0.15, 0.2) is 5.37 Å². The molecule has 10 nitrogen and oxygen atoms in total. The summed E-state index contributed by atoms with van der Waals surface area (Å²) in [6.07, 6.45) is 3.52. The fraction of sp³-hybridized carbons (Fsp3) is 0.815. The highest BCUT2D eigenvalue weighted by molar-refractivity contribution is 7.99. The smallest absolute Gasteiger partial charge is 0.256 e. The maximum Gasteiger partial charge on any atom is 0.256 e. The number of nitrogens with two attached hydrogens (primary N) is 1. The van der Waals surface area contributed by atoms with Crippen LogP contribution >= 0.6 is 11.8 Å². The van der Waals surface area contributed by atoms with Crippen molar-refractivity contribution in [3.8, 4) is 0 Å². The first-order chi connectivity index (χ1) is 17.5. The Bertz CT molecular complexity index is 820. The van der Waals surface area contributed by atoms with Gasteiger partial charge in [0, 0.05) is 27.6 Å². The van der Waals surface area contributed by atoms with E-state index in [1.54, 1.807) is 20.4 Å². The quantitative estimate of drug-likeness (QED) is 0.280. The molecule has 0 aliphatic heterocycles. The number of nitrogens with one attached hydrogen (secondary N) is 1. The van der Waals surface area contributed by atoms with Crippen molar-refractivity contribution in [1.82, 2.24) is 20.0 Å². The number of nitrogens with zero attached hydrogens (tertiary/aromatic N) is 3. The maximum atomic E-state index is 13.6. The lowest BCUT2D eigenvalue weighted by atomic mass is 9.97. The largest absolute Gasteiger partial charge is 0.368 e. The fourth-order valence-corrected chi connectivity index (χ4v) is 5.01. The molecule has 11 heteroatoms. The number of hydrogen-bond donors (Lipinski definition) is 2. The summed E-state index contributed by atoms with van der Waals surface area (Å²) in [6.45, 7) is 13.3. The molecule has 0 saturated carbocycles. The van der Waals surface area contributed by atoms with Crippen LogP contribution in [0.5, 0.6) is 0 Å². The number of likely N-dealkylation sites (N-methyl/N-ethyl adjacent to an activating group) is 3. The predicted octanol–water partition coefficient (Wildman–Crippen LogP) is 2.31. The number of carbonyl (C=O) groups is 5. The number of rotatable bonds is 16. The first-order valence-electron chi connectivity index (χ1n) is 13.4. The average molecular weight is 558 g/mol. The van der Waals surface area contributed by atoms with Crippen LogP contribution in [0.15, 0.2) is 0 Å². The van der Waals surface area contributed by atoms with E-state index >= 15 is 0 Å². The number of amides is 5. The highest BCUT2D eigenvalue weighted by Crippen LogP contribution is 2.20. The first kappa shape index (κ1) is 35.7. The summed E-state index contributed by atoms with van der Waals surface area (Å²) < 4.78 is 0. The Labute approximate surface area is 233 Å². The summed E-state index contributed by atoms with van der Waals surface area (Å²) in [4.78, 5) is 69.2. The molecule has 3 N–H and O–H groups in total. The Morgan fingerprint density at radius 2 is 1.26 bits per heavy atom. The lowest BCUT2D eigenvalue weighted by Gasteiger charge is -2.36. The van der Waals surface area contributed by atoms with E-state index in [0.29, 0.717) is 25.7 Å². The molecule has 0 rings (SSSR count). The van der Waals surface area contributed by atoms with Crippen LogP contribution in [0.2, 0.25) is 0 Å². The molecule has 0 fully saturated rings. The van der Waals surface area contributed by atoms with Gasteiger partial charge >= 0.3 is 0 Å². The third-order valence-corrected chi connectivity index (χ3v) is 7.49. The van der Waals surface area contributed by atoms with Gasteiger partial charge < -0.3 is 25.8 Å². The van der Waals surface area contributed by atoms with E-state index < -0.39 is 41.2 Å². The van der Waals surface area contributed by atoms with E-state index in [1.807, 2.05) is 48.5 Å². The average Bonchev–Trinajstić information content (AvgIpc) is 2.82. The van der Waals surface area contributed by atoms with Crippen molar-refractivity contribution >= 4 is 41.3 Å². The third-order valence-electron chi connectivity index (χ3n) is 6.52. The van der Waals surface area contributed by atoms with Gasteiger partial charge in [-0.25, -0.2) is 0 Å². The topological polar surface area (TPSA) is 133 Å². The van der Waals surface area contributed by atoms with Crippen LogP contribution in [0.25, 0.3) is 0 Å². The van der Waals surface area contributed by atoms with Gasteiger partial charge in [-0.1, -0.05) is 48.5 Å². The SMILES string of the molecule is CCCC(=O)N(C)[C@H](SC)C(=O)N(C)[C@@H](CC(C)C)C(=O)N[C@H](C(=O)N(C)[C@@H](CC(C)C)C(N)=O)C(C)C. The zero-order chi connectivity index (χ0) is 29.9. The normalized spacial score (nSPS) is 14.6. The van der Waals surface area contributed by atoms with Crippen LogP contribution in [-0.2, 0) is 24.0 Å². The molecule has 5 amide bonds. The van der Waals surface area contributed by atoms with Crippen LogP contribution < -0.4 is 11.1 Å². The molecule has 0 spiro atoms. The van der Waals surface area contributed by atoms with Gasteiger partial charge in [-0.2, -0.15) is 0 Å². The van der Waals surface area contributed by atoms with Crippen molar-refractivity contribution in [3.63, 3.8) is 0 Å². The van der Waals surface area contributed by atoms with E-state index in [-0.39, 0.29) is 29.6 Å². The second-order valence-electron chi connectivity index (χ2n) is 11.2. The van der Waals surface area contributed by atoms with E-state index in [4.69, 9.17) is 5.73 Å². The lowest BCUT2D eigenvalue weighted by Crippen LogP contribution is -2.59. The molecule has 0 aromatic rings. The third kappa shape index (κ3) is 10.5. The van der Waals surface area contributed by atoms with Crippen LogP contribution in [0.3, 0.4) is 0 Å². The van der Waals surface area contributed by atoms with E-state index in [0.717, 1.165) is 0 Å². The maximum absolute atomic E-state index is 13.6. The van der Waals surface area contributed by atoms with Gasteiger partial charge in [0.1, 0.15) is 18.1 Å². The van der Waals surface area contributed by atoms with Crippen molar-refractivity contribution in [2.24, 2.45) is 23.5 Å². The Morgan fingerprint density at radius 1 is 0.789 bits per heavy atom. The van der Waals surface area contributed by atoms with E-state index in [9.17, 15) is 24.0 Å². The molecule has 0 aromatic heterocycles. The minimum atomic E-state index is -0.912. The minimum Gasteiger partial charge on any atom is -0.368 e. The zero-order valence-electron chi connectivity index (χ0n) is 25.2. The summed E-state index contributed by atoms with van der Waals surface area (Å²) in [6, 6.07) is -2.56. The first-order valence-corrected chi connectivity index (χ1v) is 14.7. The zero-order valence-corrected chi connectivity index (χ0v) is 26.1. The van der Waals surface area contributed by atoms with Gasteiger partial charge in [-0.3, -0.25) is 24.0 Å². The summed E-state index contributed by atoms with van der Waals surface area (Å²) in [7, 11) is 4.67. The number of hydrogen-bond acceptors (Lipinski definition) is 6. The van der Waals surface area contributed by atoms with Crippen molar-refractivity contribution in [2.75, 3.05) is 27.4 Å². The molecule has 0 heterocycles. The number of primary amides is 1. The molecule has 0 aromatic carbocycles. The van der Waals surface area contributed by atoms with Crippen molar-refractivity contribution in [3.05, 3.63) is 0 Å². The molecule has 4 atom stereocenters. The summed E-state index contributed by atoms with van der Waals surface area (Å²) >= 11 is 1.23. The van der Waals surface area contributed by atoms with Crippen molar-refractivity contribution in [2.45, 2.75) is 97.6 Å². The van der Waals surface area contributed by atoms with Gasteiger partial charge in [0.25, 0.3) is 5.91 Å². The van der Waals surface area contributed by atoms with Crippen LogP contribution in [0.1, 0.15) is 74.1 Å². The number of carbonyl (C=O) groups excluding carboxylic acids is 5. The molecule has 38 heavy (non-hydrogen) atoms.